The summed E-state index contributed by atoms with van der Waals surface area (Å²) in [6.07, 6.45) is 2.76. The first-order chi connectivity index (χ1) is 17.9. The van der Waals surface area contributed by atoms with E-state index in [0.29, 0.717) is 17.5 Å². The summed E-state index contributed by atoms with van der Waals surface area (Å²) in [5.74, 6) is -3.70. The van der Waals surface area contributed by atoms with E-state index in [9.17, 15) is 26.8 Å². The number of carbonyl (C=O) groups excluding carboxylic acids is 1. The predicted molar refractivity (Wildman–Crippen MR) is 139 cm³/mol. The van der Waals surface area contributed by atoms with Gasteiger partial charge in [0.25, 0.3) is 5.91 Å². The van der Waals surface area contributed by atoms with E-state index in [2.05, 4.69) is 10.3 Å². The Kier molecular flexibility index (Phi) is 7.95. The molecule has 0 aliphatic carbocycles. The minimum Gasteiger partial charge on any atom is -0.481 e. The van der Waals surface area contributed by atoms with Gasteiger partial charge >= 0.3 is 5.97 Å². The number of sulfone groups is 1. The van der Waals surface area contributed by atoms with E-state index in [4.69, 9.17) is 16.7 Å². The monoisotopic (exact) mass is 579 g/mol. The minimum absolute atomic E-state index is 0.0514. The highest BCUT2D eigenvalue weighted by Gasteiger charge is 2.19. The highest BCUT2D eigenvalue weighted by Crippen LogP contribution is 2.29. The number of hydrogen-bond acceptors (Lipinski definition) is 6. The standard InChI is InChI=1S/C25H20ClF2N3O5S2/c1-38(35,36)17-5-2-14(3-6-17)8-16-10-21(31(13-16)12-15-4-7-18(27)19(28)9-15)24(34)30-25-29-20(11-22(32)33)23(26)37-25/h2-7,9-10,13H,8,11-12H2,1H3,(H,32,33)(H,29,30,34). The minimum atomic E-state index is -3.35. The lowest BCUT2D eigenvalue weighted by molar-refractivity contribution is -0.136. The van der Waals surface area contributed by atoms with Crippen LogP contribution in [-0.2, 0) is 34.0 Å². The zero-order valence-corrected chi connectivity index (χ0v) is 22.1. The summed E-state index contributed by atoms with van der Waals surface area (Å²) in [6.45, 7) is 0.0514. The molecular weight excluding hydrogens is 560 g/mol. The smallest absolute Gasteiger partial charge is 0.309 e. The third-order valence-corrected chi connectivity index (χ3v) is 7.85. The number of benzene rings is 2. The molecule has 2 N–H and O–H groups in total. The van der Waals surface area contributed by atoms with Crippen molar-refractivity contribution in [3.8, 4) is 0 Å². The first-order valence-corrected chi connectivity index (χ1v) is 14.1. The van der Waals surface area contributed by atoms with Crippen molar-refractivity contribution in [3.05, 3.63) is 98.8 Å². The van der Waals surface area contributed by atoms with E-state index in [1.165, 1.54) is 18.2 Å². The average Bonchev–Trinajstić information content (AvgIpc) is 3.38. The first kappa shape index (κ1) is 27.4. The average molecular weight is 580 g/mol. The summed E-state index contributed by atoms with van der Waals surface area (Å²) >= 11 is 6.97. The van der Waals surface area contributed by atoms with Crippen LogP contribution in [0.25, 0.3) is 0 Å². The molecule has 0 spiro atoms. The van der Waals surface area contributed by atoms with Gasteiger partial charge < -0.3 is 9.67 Å². The molecule has 2 aromatic heterocycles. The summed E-state index contributed by atoms with van der Waals surface area (Å²) in [4.78, 5) is 28.4. The molecule has 38 heavy (non-hydrogen) atoms. The Morgan fingerprint density at radius 2 is 1.74 bits per heavy atom. The highest BCUT2D eigenvalue weighted by molar-refractivity contribution is 7.90. The Labute approximate surface area is 225 Å². The largest absolute Gasteiger partial charge is 0.481 e. The number of aliphatic carboxylic acids is 1. The number of thiazole rings is 1. The molecule has 4 rings (SSSR count). The lowest BCUT2D eigenvalue weighted by atomic mass is 10.1. The second-order valence-corrected chi connectivity index (χ2v) is 12.1. The summed E-state index contributed by atoms with van der Waals surface area (Å²) in [6, 6.07) is 11.4. The fourth-order valence-electron chi connectivity index (χ4n) is 3.71. The molecule has 0 unspecified atom stereocenters. The van der Waals surface area contributed by atoms with Gasteiger partial charge in [0.15, 0.2) is 26.6 Å². The zero-order valence-electron chi connectivity index (χ0n) is 19.7. The van der Waals surface area contributed by atoms with Crippen molar-refractivity contribution in [2.75, 3.05) is 11.6 Å². The molecule has 198 valence electrons. The van der Waals surface area contributed by atoms with Crippen molar-refractivity contribution in [2.24, 2.45) is 0 Å². The van der Waals surface area contributed by atoms with Crippen molar-refractivity contribution in [1.29, 1.82) is 0 Å². The van der Waals surface area contributed by atoms with Crippen LogP contribution < -0.4 is 5.32 Å². The predicted octanol–water partition coefficient (Wildman–Crippen LogP) is 4.80. The number of nitrogens with zero attached hydrogens (tertiary/aromatic N) is 2. The fourth-order valence-corrected chi connectivity index (χ4v) is 5.38. The lowest BCUT2D eigenvalue weighted by Gasteiger charge is -2.09. The van der Waals surface area contributed by atoms with Crippen LogP contribution in [0.15, 0.2) is 59.6 Å². The van der Waals surface area contributed by atoms with Crippen molar-refractivity contribution in [1.82, 2.24) is 9.55 Å². The van der Waals surface area contributed by atoms with Crippen LogP contribution >= 0.6 is 22.9 Å². The first-order valence-electron chi connectivity index (χ1n) is 11.0. The zero-order chi connectivity index (χ0) is 27.6. The van der Waals surface area contributed by atoms with Crippen molar-refractivity contribution >= 4 is 49.8 Å². The number of amides is 1. The van der Waals surface area contributed by atoms with Crippen LogP contribution in [0, 0.1) is 11.6 Å². The number of carbonyl (C=O) groups is 2. The number of nitrogens with one attached hydrogen (secondary N) is 1. The van der Waals surface area contributed by atoms with E-state index in [0.717, 1.165) is 35.3 Å². The molecule has 0 atom stereocenters. The molecule has 13 heteroatoms. The SMILES string of the molecule is CS(=O)(=O)c1ccc(Cc2cc(C(=O)Nc3nc(CC(=O)O)c(Cl)s3)n(Cc3ccc(F)c(F)c3)c2)cc1. The number of aromatic nitrogens is 2. The molecule has 0 fully saturated rings. The molecule has 0 aliphatic rings. The maximum absolute atomic E-state index is 13.8. The topological polar surface area (TPSA) is 118 Å². The second-order valence-electron chi connectivity index (χ2n) is 8.47. The third kappa shape index (κ3) is 6.63. The van der Waals surface area contributed by atoms with Crippen LogP contribution in [0.2, 0.25) is 4.34 Å². The maximum Gasteiger partial charge on any atom is 0.309 e. The molecule has 8 nitrogen and oxygen atoms in total. The van der Waals surface area contributed by atoms with Gasteiger partial charge in [0.2, 0.25) is 0 Å². The summed E-state index contributed by atoms with van der Waals surface area (Å²) in [5, 5.41) is 11.7. The van der Waals surface area contributed by atoms with Crippen molar-refractivity contribution in [2.45, 2.75) is 24.3 Å². The number of rotatable bonds is 9. The van der Waals surface area contributed by atoms with Crippen LogP contribution in [0.5, 0.6) is 0 Å². The molecule has 0 bridgehead atoms. The van der Waals surface area contributed by atoms with Crippen LogP contribution in [0.4, 0.5) is 13.9 Å². The molecule has 2 heterocycles. The molecule has 0 saturated heterocycles. The Bertz CT molecular complexity index is 1630. The number of hydrogen-bond donors (Lipinski definition) is 2. The summed E-state index contributed by atoms with van der Waals surface area (Å²) in [7, 11) is -3.35. The van der Waals surface area contributed by atoms with Gasteiger partial charge in [-0.25, -0.2) is 22.2 Å². The van der Waals surface area contributed by atoms with E-state index < -0.39 is 39.8 Å². The molecule has 1 amide bonds. The van der Waals surface area contributed by atoms with Crippen LogP contribution in [0.3, 0.4) is 0 Å². The summed E-state index contributed by atoms with van der Waals surface area (Å²) < 4.78 is 52.4. The van der Waals surface area contributed by atoms with E-state index in [1.807, 2.05) is 0 Å². The van der Waals surface area contributed by atoms with Gasteiger partial charge in [-0.15, -0.1) is 0 Å². The lowest BCUT2D eigenvalue weighted by Crippen LogP contribution is -2.17. The van der Waals surface area contributed by atoms with Crippen molar-refractivity contribution < 1.29 is 31.9 Å². The Hall–Kier alpha value is -3.61. The number of anilines is 1. The fraction of sp³-hybridized carbons (Fsp3) is 0.160. The van der Waals surface area contributed by atoms with Crippen LogP contribution in [-0.4, -0.2) is 41.2 Å². The number of carboxylic acid groups (broad SMARTS) is 1. The van der Waals surface area contributed by atoms with E-state index >= 15 is 0 Å². The van der Waals surface area contributed by atoms with Gasteiger partial charge in [0, 0.05) is 19.0 Å². The molecular formula is C25H20ClF2N3O5S2. The van der Waals surface area contributed by atoms with Crippen LogP contribution in [0.1, 0.15) is 32.9 Å². The molecule has 0 radical (unpaired) electrons. The number of halogens is 3. The Morgan fingerprint density at radius 1 is 1.05 bits per heavy atom. The van der Waals surface area contributed by atoms with Gasteiger partial charge in [0.05, 0.1) is 17.0 Å². The molecule has 0 saturated carbocycles. The van der Waals surface area contributed by atoms with Gasteiger partial charge in [0.1, 0.15) is 10.0 Å². The summed E-state index contributed by atoms with van der Waals surface area (Å²) in [5.41, 5.74) is 2.21. The number of carboxylic acids is 1. The van der Waals surface area contributed by atoms with Gasteiger partial charge in [-0.1, -0.05) is 41.1 Å². The third-order valence-electron chi connectivity index (χ3n) is 5.47. The molecule has 0 aliphatic heterocycles. The van der Waals surface area contributed by atoms with Gasteiger partial charge in [-0.05, 0) is 53.4 Å². The van der Waals surface area contributed by atoms with E-state index in [-0.39, 0.29) is 32.3 Å². The van der Waals surface area contributed by atoms with Gasteiger partial charge in [-0.3, -0.25) is 14.9 Å². The Balaban J connectivity index is 1.63. The Morgan fingerprint density at radius 3 is 2.37 bits per heavy atom. The maximum atomic E-state index is 13.8. The highest BCUT2D eigenvalue weighted by atomic mass is 35.5. The van der Waals surface area contributed by atoms with E-state index in [1.54, 1.807) is 29.0 Å². The molecule has 2 aromatic carbocycles. The van der Waals surface area contributed by atoms with Crippen molar-refractivity contribution in [3.63, 3.8) is 0 Å². The quantitative estimate of drug-likeness (QED) is 0.294. The molecule has 4 aromatic rings. The normalized spacial score (nSPS) is 11.5. The van der Waals surface area contributed by atoms with Gasteiger partial charge in [-0.2, -0.15) is 0 Å². The second kappa shape index (κ2) is 11.0.